The van der Waals surface area contributed by atoms with Crippen LogP contribution in [-0.2, 0) is 4.74 Å². The van der Waals surface area contributed by atoms with E-state index in [1.165, 1.54) is 5.56 Å². The van der Waals surface area contributed by atoms with Gasteiger partial charge in [0.15, 0.2) is 5.96 Å². The molecule has 3 N–H and O–H groups in total. The lowest BCUT2D eigenvalue weighted by Crippen LogP contribution is -2.53. The number of nitrogens with one attached hydrogen (secondary N) is 3. The largest absolute Gasteiger partial charge is 0.492 e. The topological polar surface area (TPSA) is 66.9 Å². The molecule has 32 heavy (non-hydrogen) atoms. The van der Waals surface area contributed by atoms with E-state index in [9.17, 15) is 0 Å². The standard InChI is InChI=1S/C25H36N4O2.HI/c1-3-26-24(27-16-19-31-23-12-8-5-9-13-23)28-20-25(14-17-30-18-15-25)29-21(2)22-10-6-4-7-11-22;/h4-13,21,29H,3,14-20H2,1-2H3,(H2,26,27,28);1H. The van der Waals surface area contributed by atoms with Crippen molar-refractivity contribution in [1.82, 2.24) is 16.0 Å². The Morgan fingerprint density at radius 1 is 1.03 bits per heavy atom. The van der Waals surface area contributed by atoms with Crippen LogP contribution in [0.2, 0.25) is 0 Å². The second-order valence-electron chi connectivity index (χ2n) is 7.95. The quantitative estimate of drug-likeness (QED) is 0.179. The lowest BCUT2D eigenvalue weighted by atomic mass is 9.88. The molecular weight excluding hydrogens is 515 g/mol. The van der Waals surface area contributed by atoms with Crippen LogP contribution in [-0.4, -0.2) is 51.0 Å². The maximum Gasteiger partial charge on any atom is 0.191 e. The van der Waals surface area contributed by atoms with Gasteiger partial charge < -0.3 is 25.4 Å². The van der Waals surface area contributed by atoms with Crippen LogP contribution in [0.15, 0.2) is 65.7 Å². The number of guanidine groups is 1. The van der Waals surface area contributed by atoms with Crippen molar-refractivity contribution in [2.75, 3.05) is 39.5 Å². The van der Waals surface area contributed by atoms with Gasteiger partial charge in [-0.25, -0.2) is 0 Å². The maximum absolute atomic E-state index is 5.78. The predicted octanol–water partition coefficient (Wildman–Crippen LogP) is 4.14. The van der Waals surface area contributed by atoms with E-state index >= 15 is 0 Å². The Hall–Kier alpha value is -1.84. The second kappa shape index (κ2) is 14.3. The van der Waals surface area contributed by atoms with Gasteiger partial charge in [-0.1, -0.05) is 48.5 Å². The van der Waals surface area contributed by atoms with E-state index in [1.54, 1.807) is 0 Å². The molecule has 3 rings (SSSR count). The number of aliphatic imine (C=N–C) groups is 1. The van der Waals surface area contributed by atoms with Crippen LogP contribution in [0.4, 0.5) is 0 Å². The molecule has 1 heterocycles. The van der Waals surface area contributed by atoms with Gasteiger partial charge in [-0.2, -0.15) is 0 Å². The third-order valence-corrected chi connectivity index (χ3v) is 5.56. The predicted molar refractivity (Wildman–Crippen MR) is 142 cm³/mol. The van der Waals surface area contributed by atoms with Crippen molar-refractivity contribution in [2.24, 2.45) is 4.99 Å². The van der Waals surface area contributed by atoms with Crippen LogP contribution in [0, 0.1) is 0 Å². The highest BCUT2D eigenvalue weighted by atomic mass is 127. The molecule has 7 heteroatoms. The summed E-state index contributed by atoms with van der Waals surface area (Å²) in [5.41, 5.74) is 1.22. The summed E-state index contributed by atoms with van der Waals surface area (Å²) in [6, 6.07) is 20.7. The highest BCUT2D eigenvalue weighted by Gasteiger charge is 2.34. The number of benzene rings is 2. The summed E-state index contributed by atoms with van der Waals surface area (Å²) in [5, 5.41) is 10.6. The molecule has 1 fully saturated rings. The van der Waals surface area contributed by atoms with Gasteiger partial charge in [0, 0.05) is 31.3 Å². The van der Waals surface area contributed by atoms with Crippen LogP contribution in [0.5, 0.6) is 5.75 Å². The summed E-state index contributed by atoms with van der Waals surface area (Å²) in [6.07, 6.45) is 1.90. The van der Waals surface area contributed by atoms with Gasteiger partial charge in [-0.05, 0) is 44.4 Å². The van der Waals surface area contributed by atoms with E-state index in [2.05, 4.69) is 60.1 Å². The van der Waals surface area contributed by atoms with E-state index in [0.29, 0.717) is 19.7 Å². The molecule has 1 saturated heterocycles. The minimum absolute atomic E-state index is 0. The Labute approximate surface area is 209 Å². The lowest BCUT2D eigenvalue weighted by Gasteiger charge is -2.39. The summed E-state index contributed by atoms with van der Waals surface area (Å²) < 4.78 is 11.4. The lowest BCUT2D eigenvalue weighted by molar-refractivity contribution is 0.0374. The smallest absolute Gasteiger partial charge is 0.191 e. The molecular formula is C25H37IN4O2. The SMILES string of the molecule is CCNC(=NCC1(NC(C)c2ccccc2)CCOCC1)NCCOc1ccccc1.I. The Bertz CT molecular complexity index is 783. The molecule has 2 aromatic rings. The molecule has 176 valence electrons. The second-order valence-corrected chi connectivity index (χ2v) is 7.95. The molecule has 0 amide bonds. The molecule has 2 aromatic carbocycles. The minimum atomic E-state index is -0.0730. The molecule has 1 atom stereocenters. The first-order valence-corrected chi connectivity index (χ1v) is 11.3. The zero-order valence-corrected chi connectivity index (χ0v) is 21.5. The molecule has 1 unspecified atom stereocenters. The Balaban J connectivity index is 0.00000363. The minimum Gasteiger partial charge on any atom is -0.492 e. The van der Waals surface area contributed by atoms with E-state index in [0.717, 1.165) is 44.3 Å². The third kappa shape index (κ3) is 8.60. The molecule has 0 radical (unpaired) electrons. The number of para-hydroxylation sites is 1. The Morgan fingerprint density at radius 3 is 2.34 bits per heavy atom. The van der Waals surface area contributed by atoms with E-state index < -0.39 is 0 Å². The number of hydrogen-bond donors (Lipinski definition) is 3. The molecule has 0 aliphatic carbocycles. The molecule has 0 spiro atoms. The average molecular weight is 553 g/mol. The van der Waals surface area contributed by atoms with Crippen LogP contribution in [0.1, 0.15) is 38.3 Å². The highest BCUT2D eigenvalue weighted by Crippen LogP contribution is 2.26. The van der Waals surface area contributed by atoms with Gasteiger partial charge in [-0.3, -0.25) is 4.99 Å². The molecule has 0 aromatic heterocycles. The van der Waals surface area contributed by atoms with Crippen LogP contribution < -0.4 is 20.7 Å². The summed E-state index contributed by atoms with van der Waals surface area (Å²) in [6.45, 7) is 8.61. The first-order valence-electron chi connectivity index (χ1n) is 11.3. The van der Waals surface area contributed by atoms with Crippen molar-refractivity contribution in [3.8, 4) is 5.75 Å². The van der Waals surface area contributed by atoms with Crippen molar-refractivity contribution in [1.29, 1.82) is 0 Å². The van der Waals surface area contributed by atoms with Crippen LogP contribution >= 0.6 is 24.0 Å². The van der Waals surface area contributed by atoms with Gasteiger partial charge in [0.05, 0.1) is 13.1 Å². The zero-order chi connectivity index (χ0) is 21.8. The first-order chi connectivity index (χ1) is 15.2. The number of ether oxygens (including phenoxy) is 2. The van der Waals surface area contributed by atoms with Gasteiger partial charge in [0.25, 0.3) is 0 Å². The van der Waals surface area contributed by atoms with Gasteiger partial charge in [0.1, 0.15) is 12.4 Å². The normalized spacial score (nSPS) is 16.5. The molecule has 6 nitrogen and oxygen atoms in total. The number of hydrogen-bond acceptors (Lipinski definition) is 4. The van der Waals surface area contributed by atoms with Gasteiger partial charge >= 0.3 is 0 Å². The molecule has 1 aliphatic heterocycles. The first kappa shape index (κ1) is 26.4. The fraction of sp³-hybridized carbons (Fsp3) is 0.480. The fourth-order valence-corrected chi connectivity index (χ4v) is 3.82. The van der Waals surface area contributed by atoms with E-state index in [4.69, 9.17) is 14.5 Å². The number of nitrogens with zero attached hydrogens (tertiary/aromatic N) is 1. The Kier molecular flexibility index (Phi) is 11.8. The van der Waals surface area contributed by atoms with Gasteiger partial charge in [-0.15, -0.1) is 24.0 Å². The van der Waals surface area contributed by atoms with E-state index in [1.807, 2.05) is 30.3 Å². The van der Waals surface area contributed by atoms with E-state index in [-0.39, 0.29) is 35.6 Å². The van der Waals surface area contributed by atoms with Crippen molar-refractivity contribution in [3.05, 3.63) is 66.2 Å². The number of rotatable bonds is 10. The fourth-order valence-electron chi connectivity index (χ4n) is 3.82. The van der Waals surface area contributed by atoms with Crippen LogP contribution in [0.25, 0.3) is 0 Å². The summed E-state index contributed by atoms with van der Waals surface area (Å²) in [4.78, 5) is 4.92. The van der Waals surface area contributed by atoms with Crippen molar-refractivity contribution < 1.29 is 9.47 Å². The summed E-state index contributed by atoms with van der Waals surface area (Å²) in [7, 11) is 0. The van der Waals surface area contributed by atoms with Gasteiger partial charge in [0.2, 0.25) is 0 Å². The maximum atomic E-state index is 5.78. The molecule has 0 bridgehead atoms. The summed E-state index contributed by atoms with van der Waals surface area (Å²) in [5.74, 6) is 1.70. The van der Waals surface area contributed by atoms with Crippen molar-refractivity contribution >= 4 is 29.9 Å². The molecule has 0 saturated carbocycles. The Morgan fingerprint density at radius 2 is 1.69 bits per heavy atom. The number of halogens is 1. The monoisotopic (exact) mass is 552 g/mol. The van der Waals surface area contributed by atoms with Crippen LogP contribution in [0.3, 0.4) is 0 Å². The molecule has 1 aliphatic rings. The zero-order valence-electron chi connectivity index (χ0n) is 19.2. The average Bonchev–Trinajstić information content (AvgIpc) is 2.82. The van der Waals surface area contributed by atoms with Crippen molar-refractivity contribution in [2.45, 2.75) is 38.3 Å². The summed E-state index contributed by atoms with van der Waals surface area (Å²) >= 11 is 0. The van der Waals surface area contributed by atoms with Crippen molar-refractivity contribution in [3.63, 3.8) is 0 Å². The highest BCUT2D eigenvalue weighted by molar-refractivity contribution is 14.0. The third-order valence-electron chi connectivity index (χ3n) is 5.56.